The third kappa shape index (κ3) is 6.91. The van der Waals surface area contributed by atoms with Gasteiger partial charge in [-0.05, 0) is 55.2 Å². The summed E-state index contributed by atoms with van der Waals surface area (Å²) in [7, 11) is 0. The molecule has 0 fully saturated rings. The van der Waals surface area contributed by atoms with Crippen LogP contribution in [0.25, 0.3) is 0 Å². The van der Waals surface area contributed by atoms with Gasteiger partial charge in [0.2, 0.25) is 5.91 Å². The van der Waals surface area contributed by atoms with Crippen LogP contribution in [0.4, 0.5) is 4.39 Å². The number of amides is 1. The number of rotatable bonds is 9. The van der Waals surface area contributed by atoms with Crippen molar-refractivity contribution in [1.29, 1.82) is 0 Å². The number of benzene rings is 1. The summed E-state index contributed by atoms with van der Waals surface area (Å²) in [5.41, 5.74) is 1.07. The highest BCUT2D eigenvalue weighted by atomic mass is 19.1. The Balaban J connectivity index is 1.50. The predicted octanol–water partition coefficient (Wildman–Crippen LogP) is 3.13. The number of unbranched alkanes of at least 4 members (excludes halogenated alkanes) is 1. The molecule has 0 aliphatic rings. The first-order chi connectivity index (χ1) is 11.2. The van der Waals surface area contributed by atoms with Gasteiger partial charge < -0.3 is 10.1 Å². The second-order valence-electron chi connectivity index (χ2n) is 5.22. The number of hydrogen-bond donors (Lipinski definition) is 1. The number of aromatic nitrogens is 1. The van der Waals surface area contributed by atoms with Gasteiger partial charge in [0.15, 0.2) is 0 Å². The molecular weight excluding hydrogens is 295 g/mol. The highest BCUT2D eigenvalue weighted by Crippen LogP contribution is 2.11. The van der Waals surface area contributed by atoms with E-state index in [0.717, 1.165) is 18.4 Å². The second kappa shape index (κ2) is 9.56. The lowest BCUT2D eigenvalue weighted by molar-refractivity contribution is -0.121. The fourth-order valence-corrected chi connectivity index (χ4v) is 2.07. The normalized spacial score (nSPS) is 10.3. The largest absolute Gasteiger partial charge is 0.494 e. The summed E-state index contributed by atoms with van der Waals surface area (Å²) < 4.78 is 18.2. The van der Waals surface area contributed by atoms with Crippen LogP contribution in [0.2, 0.25) is 0 Å². The number of hydrogen-bond acceptors (Lipinski definition) is 3. The molecule has 0 radical (unpaired) electrons. The minimum atomic E-state index is -0.272. The Kier molecular flexibility index (Phi) is 7.04. The van der Waals surface area contributed by atoms with E-state index >= 15 is 0 Å². The number of nitrogens with one attached hydrogen (secondary N) is 1. The molecule has 4 nitrogen and oxygen atoms in total. The molecule has 0 aliphatic carbocycles. The van der Waals surface area contributed by atoms with Crippen molar-refractivity contribution in [3.63, 3.8) is 0 Å². The first-order valence-corrected chi connectivity index (χ1v) is 7.78. The van der Waals surface area contributed by atoms with Crippen molar-refractivity contribution in [2.75, 3.05) is 13.2 Å². The van der Waals surface area contributed by atoms with Gasteiger partial charge in [0.25, 0.3) is 0 Å². The molecule has 0 aliphatic heterocycles. The molecule has 1 heterocycles. The summed E-state index contributed by atoms with van der Waals surface area (Å²) in [6.07, 6.45) is 6.35. The lowest BCUT2D eigenvalue weighted by atomic mass is 10.1. The van der Waals surface area contributed by atoms with Gasteiger partial charge in [-0.2, -0.15) is 0 Å². The fraction of sp³-hybridized carbons (Fsp3) is 0.333. The van der Waals surface area contributed by atoms with E-state index in [9.17, 15) is 9.18 Å². The van der Waals surface area contributed by atoms with Crippen LogP contribution in [-0.2, 0) is 11.2 Å². The van der Waals surface area contributed by atoms with Crippen molar-refractivity contribution in [2.45, 2.75) is 25.7 Å². The average Bonchev–Trinajstić information content (AvgIpc) is 2.58. The lowest BCUT2D eigenvalue weighted by Gasteiger charge is -2.07. The van der Waals surface area contributed by atoms with E-state index < -0.39 is 0 Å². The van der Waals surface area contributed by atoms with Gasteiger partial charge in [0, 0.05) is 25.4 Å². The summed E-state index contributed by atoms with van der Waals surface area (Å²) in [5.74, 6) is 0.437. The molecule has 0 saturated carbocycles. The van der Waals surface area contributed by atoms with Crippen LogP contribution in [0.15, 0.2) is 48.8 Å². The first-order valence-electron chi connectivity index (χ1n) is 7.78. The summed E-state index contributed by atoms with van der Waals surface area (Å²) in [5, 5.41) is 2.89. The minimum absolute atomic E-state index is 0.0494. The molecule has 0 bridgehead atoms. The maximum absolute atomic E-state index is 12.7. The average molecular weight is 316 g/mol. The Morgan fingerprint density at radius 2 is 2.00 bits per heavy atom. The molecule has 1 amide bonds. The Hall–Kier alpha value is -2.43. The standard InChI is InChI=1S/C18H21FN2O2/c19-16-6-8-17(9-7-16)23-13-2-1-12-21-18(22)10-5-15-4-3-11-20-14-15/h3-4,6-9,11,14H,1-2,5,10,12-13H2,(H,21,22). The van der Waals surface area contributed by atoms with Crippen molar-refractivity contribution >= 4 is 5.91 Å². The van der Waals surface area contributed by atoms with Crippen LogP contribution in [0.3, 0.4) is 0 Å². The Bertz CT molecular complexity index is 588. The Morgan fingerprint density at radius 3 is 2.74 bits per heavy atom. The number of halogens is 1. The molecule has 0 unspecified atom stereocenters. The Morgan fingerprint density at radius 1 is 1.17 bits per heavy atom. The summed E-state index contributed by atoms with van der Waals surface area (Å²) in [6, 6.07) is 9.79. The van der Waals surface area contributed by atoms with Crippen LogP contribution < -0.4 is 10.1 Å². The second-order valence-corrected chi connectivity index (χ2v) is 5.22. The van der Waals surface area contributed by atoms with Crippen molar-refractivity contribution in [1.82, 2.24) is 10.3 Å². The van der Waals surface area contributed by atoms with E-state index in [1.807, 2.05) is 12.1 Å². The molecule has 122 valence electrons. The predicted molar refractivity (Wildman–Crippen MR) is 86.7 cm³/mol. The minimum Gasteiger partial charge on any atom is -0.494 e. The van der Waals surface area contributed by atoms with E-state index in [2.05, 4.69) is 10.3 Å². The summed E-state index contributed by atoms with van der Waals surface area (Å²) >= 11 is 0. The number of ether oxygens (including phenoxy) is 1. The van der Waals surface area contributed by atoms with Gasteiger partial charge in [0.1, 0.15) is 11.6 Å². The zero-order chi connectivity index (χ0) is 16.3. The SMILES string of the molecule is O=C(CCc1cccnc1)NCCCCOc1ccc(F)cc1. The maximum atomic E-state index is 12.7. The molecule has 0 saturated heterocycles. The molecule has 2 aromatic rings. The number of carbonyl (C=O) groups is 1. The topological polar surface area (TPSA) is 51.2 Å². The number of carbonyl (C=O) groups excluding carboxylic acids is 1. The van der Waals surface area contributed by atoms with Crippen LogP contribution in [0.1, 0.15) is 24.8 Å². The smallest absolute Gasteiger partial charge is 0.220 e. The molecule has 5 heteroatoms. The number of pyridine rings is 1. The molecule has 0 spiro atoms. The zero-order valence-electron chi connectivity index (χ0n) is 13.0. The highest BCUT2D eigenvalue weighted by molar-refractivity contribution is 5.76. The van der Waals surface area contributed by atoms with Gasteiger partial charge in [-0.1, -0.05) is 6.07 Å². The summed E-state index contributed by atoms with van der Waals surface area (Å²) in [6.45, 7) is 1.19. The van der Waals surface area contributed by atoms with Crippen LogP contribution in [0.5, 0.6) is 5.75 Å². The molecule has 2 rings (SSSR count). The van der Waals surface area contributed by atoms with Gasteiger partial charge >= 0.3 is 0 Å². The molecule has 23 heavy (non-hydrogen) atoms. The monoisotopic (exact) mass is 316 g/mol. The van der Waals surface area contributed by atoms with Gasteiger partial charge in [-0.15, -0.1) is 0 Å². The van der Waals surface area contributed by atoms with Crippen molar-refractivity contribution in [2.24, 2.45) is 0 Å². The van der Waals surface area contributed by atoms with Crippen molar-refractivity contribution in [3.8, 4) is 5.75 Å². The molecular formula is C18H21FN2O2. The van der Waals surface area contributed by atoms with Gasteiger partial charge in [-0.3, -0.25) is 9.78 Å². The molecule has 1 N–H and O–H groups in total. The fourth-order valence-electron chi connectivity index (χ4n) is 2.07. The van der Waals surface area contributed by atoms with Crippen molar-refractivity contribution < 1.29 is 13.9 Å². The third-order valence-corrected chi connectivity index (χ3v) is 3.34. The van der Waals surface area contributed by atoms with Crippen molar-refractivity contribution in [3.05, 3.63) is 60.2 Å². The molecule has 1 aromatic heterocycles. The van der Waals surface area contributed by atoms with Crippen LogP contribution in [0, 0.1) is 5.82 Å². The Labute approximate surface area is 135 Å². The van der Waals surface area contributed by atoms with Crippen LogP contribution >= 0.6 is 0 Å². The third-order valence-electron chi connectivity index (χ3n) is 3.34. The van der Waals surface area contributed by atoms with E-state index in [1.54, 1.807) is 24.5 Å². The number of nitrogens with zero attached hydrogens (tertiary/aromatic N) is 1. The van der Waals surface area contributed by atoms with E-state index in [0.29, 0.717) is 31.7 Å². The van der Waals surface area contributed by atoms with E-state index in [4.69, 9.17) is 4.74 Å². The zero-order valence-corrected chi connectivity index (χ0v) is 13.0. The lowest BCUT2D eigenvalue weighted by Crippen LogP contribution is -2.24. The summed E-state index contributed by atoms with van der Waals surface area (Å²) in [4.78, 5) is 15.7. The van der Waals surface area contributed by atoms with Gasteiger partial charge in [-0.25, -0.2) is 4.39 Å². The van der Waals surface area contributed by atoms with E-state index in [-0.39, 0.29) is 11.7 Å². The quantitative estimate of drug-likeness (QED) is 0.723. The maximum Gasteiger partial charge on any atom is 0.220 e. The first kappa shape index (κ1) is 16.9. The van der Waals surface area contributed by atoms with Gasteiger partial charge in [0.05, 0.1) is 6.61 Å². The highest BCUT2D eigenvalue weighted by Gasteiger charge is 2.02. The molecule has 0 atom stereocenters. The van der Waals surface area contributed by atoms with E-state index in [1.165, 1.54) is 12.1 Å². The van der Waals surface area contributed by atoms with Crippen LogP contribution in [-0.4, -0.2) is 24.0 Å². The molecule has 1 aromatic carbocycles. The number of aryl methyl sites for hydroxylation is 1.